The van der Waals surface area contributed by atoms with Gasteiger partial charge in [0.05, 0.1) is 36.1 Å². The maximum Gasteiger partial charge on any atom is 0.337 e. The maximum atomic E-state index is 12.8. The molecule has 9 heteroatoms. The zero-order chi connectivity index (χ0) is 20.2. The summed E-state index contributed by atoms with van der Waals surface area (Å²) in [7, 11) is -1.32. The minimum Gasteiger partial charge on any atom is -0.495 e. The van der Waals surface area contributed by atoms with Crippen molar-refractivity contribution in [1.29, 1.82) is 0 Å². The molecule has 1 amide bonds. The van der Waals surface area contributed by atoms with Crippen LogP contribution in [0.25, 0.3) is 0 Å². The number of methoxy groups -OCH3 is 2. The molecule has 144 valence electrons. The lowest BCUT2D eigenvalue weighted by molar-refractivity contribution is -0.114. The summed E-state index contributed by atoms with van der Waals surface area (Å²) in [6, 6.07) is 8.64. The van der Waals surface area contributed by atoms with Crippen LogP contribution in [-0.4, -0.2) is 34.5 Å². The Balaban J connectivity index is 2.42. The van der Waals surface area contributed by atoms with Gasteiger partial charge in [0.1, 0.15) is 5.75 Å². The third kappa shape index (κ3) is 4.76. The Morgan fingerprint density at radius 3 is 2.30 bits per heavy atom. The van der Waals surface area contributed by atoms with E-state index in [1.54, 1.807) is 19.1 Å². The molecule has 0 fully saturated rings. The molecular formula is C18H20N2O6S. The van der Waals surface area contributed by atoms with Crippen LogP contribution < -0.4 is 14.8 Å². The Morgan fingerprint density at radius 1 is 1.00 bits per heavy atom. The molecule has 0 radical (unpaired) electrons. The number of benzene rings is 2. The van der Waals surface area contributed by atoms with Gasteiger partial charge in [0.15, 0.2) is 0 Å². The highest BCUT2D eigenvalue weighted by Gasteiger charge is 2.19. The van der Waals surface area contributed by atoms with Crippen LogP contribution in [-0.2, 0) is 19.6 Å². The number of nitrogens with one attached hydrogen (secondary N) is 2. The summed E-state index contributed by atoms with van der Waals surface area (Å²) in [6.07, 6.45) is 0. The summed E-state index contributed by atoms with van der Waals surface area (Å²) in [5.41, 5.74) is 1.32. The zero-order valence-electron chi connectivity index (χ0n) is 15.3. The zero-order valence-corrected chi connectivity index (χ0v) is 16.1. The Bertz CT molecular complexity index is 985. The van der Waals surface area contributed by atoms with Crippen LogP contribution in [0, 0.1) is 6.92 Å². The van der Waals surface area contributed by atoms with Crippen LogP contribution in [0.4, 0.5) is 11.4 Å². The van der Waals surface area contributed by atoms with Crippen molar-refractivity contribution in [3.63, 3.8) is 0 Å². The van der Waals surface area contributed by atoms with Crippen molar-refractivity contribution >= 4 is 33.3 Å². The number of anilines is 2. The molecule has 0 atom stereocenters. The number of carbonyl (C=O) groups excluding carboxylic acids is 2. The van der Waals surface area contributed by atoms with E-state index in [4.69, 9.17) is 4.74 Å². The molecule has 0 aromatic heterocycles. The van der Waals surface area contributed by atoms with Crippen molar-refractivity contribution in [2.45, 2.75) is 18.7 Å². The van der Waals surface area contributed by atoms with Crippen LogP contribution in [0.1, 0.15) is 22.8 Å². The van der Waals surface area contributed by atoms with Crippen LogP contribution in [0.3, 0.4) is 0 Å². The molecule has 2 rings (SSSR count). The molecule has 0 saturated heterocycles. The molecular weight excluding hydrogens is 372 g/mol. The van der Waals surface area contributed by atoms with E-state index in [0.717, 1.165) is 0 Å². The number of ether oxygens (including phenoxy) is 2. The van der Waals surface area contributed by atoms with Crippen LogP contribution in [0.5, 0.6) is 5.75 Å². The molecule has 27 heavy (non-hydrogen) atoms. The van der Waals surface area contributed by atoms with Gasteiger partial charge in [-0.2, -0.15) is 0 Å². The summed E-state index contributed by atoms with van der Waals surface area (Å²) in [5, 5.41) is 2.53. The average molecular weight is 392 g/mol. The fourth-order valence-electron chi connectivity index (χ4n) is 2.32. The molecule has 0 aliphatic carbocycles. The van der Waals surface area contributed by atoms with Crippen molar-refractivity contribution in [3.8, 4) is 5.75 Å². The van der Waals surface area contributed by atoms with Crippen LogP contribution >= 0.6 is 0 Å². The highest BCUT2D eigenvalue weighted by Crippen LogP contribution is 2.29. The number of aryl methyl sites for hydroxylation is 1. The quantitative estimate of drug-likeness (QED) is 0.731. The lowest BCUT2D eigenvalue weighted by Gasteiger charge is -2.14. The first kappa shape index (κ1) is 20.2. The van der Waals surface area contributed by atoms with E-state index >= 15 is 0 Å². The van der Waals surface area contributed by atoms with Gasteiger partial charge in [-0.25, -0.2) is 13.2 Å². The number of hydrogen-bond acceptors (Lipinski definition) is 6. The number of amides is 1. The van der Waals surface area contributed by atoms with E-state index in [-0.39, 0.29) is 27.7 Å². The number of sulfonamides is 1. The van der Waals surface area contributed by atoms with Gasteiger partial charge >= 0.3 is 5.97 Å². The van der Waals surface area contributed by atoms with Gasteiger partial charge in [0.2, 0.25) is 5.91 Å². The fraction of sp³-hybridized carbons (Fsp3) is 0.222. The third-order valence-corrected chi connectivity index (χ3v) is 5.06. The van der Waals surface area contributed by atoms with Crippen molar-refractivity contribution in [3.05, 3.63) is 47.5 Å². The minimum atomic E-state index is -3.98. The average Bonchev–Trinajstić information content (AvgIpc) is 2.62. The molecule has 0 bridgehead atoms. The third-order valence-electron chi connectivity index (χ3n) is 3.69. The van der Waals surface area contributed by atoms with Gasteiger partial charge < -0.3 is 14.8 Å². The number of esters is 1. The Hall–Kier alpha value is -3.07. The number of carbonyl (C=O) groups is 2. The second kappa shape index (κ2) is 8.09. The lowest BCUT2D eigenvalue weighted by Crippen LogP contribution is -2.15. The molecule has 0 aliphatic heterocycles. The van der Waals surface area contributed by atoms with Crippen LogP contribution in [0.15, 0.2) is 41.3 Å². The minimum absolute atomic E-state index is 0.0741. The summed E-state index contributed by atoms with van der Waals surface area (Å²) in [5.74, 6) is -0.613. The van der Waals surface area contributed by atoms with E-state index in [2.05, 4.69) is 14.8 Å². The number of rotatable bonds is 6. The predicted octanol–water partition coefficient (Wildman–Crippen LogP) is 2.55. The first-order chi connectivity index (χ1) is 12.7. The van der Waals surface area contributed by atoms with Gasteiger partial charge in [-0.3, -0.25) is 9.52 Å². The first-order valence-electron chi connectivity index (χ1n) is 7.85. The standard InChI is InChI=1S/C18H20N2O6S/c1-11-5-6-13(18(22)26-4)9-15(11)20-27(23,24)14-7-8-17(25-3)16(10-14)19-12(2)21/h5-10,20H,1-4H3,(H,19,21). The Kier molecular flexibility index (Phi) is 6.06. The smallest absolute Gasteiger partial charge is 0.337 e. The fourth-order valence-corrected chi connectivity index (χ4v) is 3.47. The Labute approximate surface area is 157 Å². The van der Waals surface area contributed by atoms with E-state index in [1.165, 1.54) is 45.4 Å². The van der Waals surface area contributed by atoms with E-state index in [1.807, 2.05) is 0 Å². The van der Waals surface area contributed by atoms with Gasteiger partial charge in [-0.1, -0.05) is 6.07 Å². The molecule has 0 spiro atoms. The molecule has 2 aromatic rings. The normalized spacial score (nSPS) is 10.8. The van der Waals surface area contributed by atoms with Crippen LogP contribution in [0.2, 0.25) is 0 Å². The molecule has 0 unspecified atom stereocenters. The second-order valence-corrected chi connectivity index (χ2v) is 7.35. The summed E-state index contributed by atoms with van der Waals surface area (Å²) < 4.78 is 37.8. The van der Waals surface area contributed by atoms with E-state index < -0.39 is 16.0 Å². The van der Waals surface area contributed by atoms with Crippen molar-refractivity contribution in [1.82, 2.24) is 0 Å². The second-order valence-electron chi connectivity index (χ2n) is 5.67. The summed E-state index contributed by atoms with van der Waals surface area (Å²) >= 11 is 0. The SMILES string of the molecule is COC(=O)c1ccc(C)c(NS(=O)(=O)c2ccc(OC)c(NC(C)=O)c2)c1. The van der Waals surface area contributed by atoms with Gasteiger partial charge in [0.25, 0.3) is 10.0 Å². The molecule has 0 aliphatic rings. The van der Waals surface area contributed by atoms with Crippen molar-refractivity contribution < 1.29 is 27.5 Å². The number of hydrogen-bond donors (Lipinski definition) is 2. The molecule has 0 heterocycles. The molecule has 2 N–H and O–H groups in total. The van der Waals surface area contributed by atoms with Gasteiger partial charge in [-0.15, -0.1) is 0 Å². The molecule has 2 aromatic carbocycles. The topological polar surface area (TPSA) is 111 Å². The predicted molar refractivity (Wildman–Crippen MR) is 101 cm³/mol. The highest BCUT2D eigenvalue weighted by molar-refractivity contribution is 7.92. The maximum absolute atomic E-state index is 12.8. The molecule has 8 nitrogen and oxygen atoms in total. The Morgan fingerprint density at radius 2 is 1.70 bits per heavy atom. The first-order valence-corrected chi connectivity index (χ1v) is 9.33. The van der Waals surface area contributed by atoms with E-state index in [0.29, 0.717) is 11.3 Å². The monoisotopic (exact) mass is 392 g/mol. The molecule has 0 saturated carbocycles. The van der Waals surface area contributed by atoms with Crippen molar-refractivity contribution in [2.24, 2.45) is 0 Å². The van der Waals surface area contributed by atoms with Crippen molar-refractivity contribution in [2.75, 3.05) is 24.3 Å². The van der Waals surface area contributed by atoms with E-state index in [9.17, 15) is 18.0 Å². The lowest BCUT2D eigenvalue weighted by atomic mass is 10.1. The van der Waals surface area contributed by atoms with Gasteiger partial charge in [0, 0.05) is 6.92 Å². The van der Waals surface area contributed by atoms with Gasteiger partial charge in [-0.05, 0) is 42.8 Å². The summed E-state index contributed by atoms with van der Waals surface area (Å²) in [4.78, 5) is 22.9. The largest absolute Gasteiger partial charge is 0.495 e. The summed E-state index contributed by atoms with van der Waals surface area (Å²) in [6.45, 7) is 3.01. The highest BCUT2D eigenvalue weighted by atomic mass is 32.2.